The Morgan fingerprint density at radius 1 is 0.557 bits per heavy atom. The maximum absolute atomic E-state index is 11.3. The molecule has 0 unspecified atom stereocenters. The Labute approximate surface area is 406 Å². The van der Waals surface area contributed by atoms with Gasteiger partial charge in [0.1, 0.15) is 23.1 Å². The maximum Gasteiger partial charge on any atom is 0.305 e. The standard InChI is InChI=1S/C29H32N2O6.C26H24N2O5/c1-33-25-17-21(18-26(34-2)28(25)36-4)31-24-19-22(37-16-10-6-9-13-27(32)35-3)14-15-23(24)30-29(31)20-11-7-5-8-12-20;29-25(30)9-5-2-6-14-31-20-11-12-21-22(16-20)28(26(27-21)18-7-3-1-4-8-18)19-10-13-23-24(15-19)33-17-32-23/h5,7-8,11-12,14-15,17-19H,6,9-10,13,16H2,1-4H3;1,3-4,7-8,10-13,15-16H,2,5-6,9,14,17H2,(H,29,30). The number of carbonyl (C=O) groups is 2. The lowest BCUT2D eigenvalue weighted by molar-refractivity contribution is -0.141. The summed E-state index contributed by atoms with van der Waals surface area (Å²) in [5.74, 6) is 5.24. The van der Waals surface area contributed by atoms with Crippen LogP contribution in [0.4, 0.5) is 0 Å². The molecule has 0 saturated heterocycles. The first kappa shape index (κ1) is 48.3. The zero-order valence-corrected chi connectivity index (χ0v) is 39.7. The van der Waals surface area contributed by atoms with Crippen molar-refractivity contribution in [2.45, 2.75) is 51.4 Å². The molecule has 9 rings (SSSR count). The molecule has 0 radical (unpaired) electrons. The minimum absolute atomic E-state index is 0.180. The summed E-state index contributed by atoms with van der Waals surface area (Å²) in [7, 11) is 6.19. The van der Waals surface area contributed by atoms with Gasteiger partial charge in [-0.2, -0.15) is 0 Å². The van der Waals surface area contributed by atoms with Gasteiger partial charge in [0.25, 0.3) is 0 Å². The number of rotatable bonds is 21. The van der Waals surface area contributed by atoms with Crippen LogP contribution in [0.5, 0.6) is 40.2 Å². The number of nitrogens with zero attached hydrogens (tertiary/aromatic N) is 4. The number of aliphatic carboxylic acids is 1. The summed E-state index contributed by atoms with van der Waals surface area (Å²) in [6, 6.07) is 41.5. The first-order chi connectivity index (χ1) is 34.3. The molecule has 0 saturated carbocycles. The van der Waals surface area contributed by atoms with Gasteiger partial charge in [0, 0.05) is 54.3 Å². The molecule has 2 aromatic heterocycles. The molecule has 0 aliphatic carbocycles. The fourth-order valence-electron chi connectivity index (χ4n) is 8.18. The molecule has 1 aliphatic heterocycles. The predicted molar refractivity (Wildman–Crippen MR) is 266 cm³/mol. The van der Waals surface area contributed by atoms with Crippen LogP contribution in [0.15, 0.2) is 127 Å². The van der Waals surface area contributed by atoms with Gasteiger partial charge in [-0.3, -0.25) is 18.7 Å². The van der Waals surface area contributed by atoms with Crippen LogP contribution in [0.25, 0.3) is 56.2 Å². The number of carboxylic acid groups (broad SMARTS) is 1. The Morgan fingerprint density at radius 2 is 1.09 bits per heavy atom. The number of carbonyl (C=O) groups excluding carboxylic acids is 1. The molecule has 6 aromatic carbocycles. The number of carboxylic acids is 1. The van der Waals surface area contributed by atoms with E-state index in [1.54, 1.807) is 21.3 Å². The Morgan fingerprint density at radius 3 is 1.60 bits per heavy atom. The van der Waals surface area contributed by atoms with E-state index in [-0.39, 0.29) is 19.2 Å². The van der Waals surface area contributed by atoms with Crippen molar-refractivity contribution in [1.82, 2.24) is 19.1 Å². The Hall–Kier alpha value is -8.20. The van der Waals surface area contributed by atoms with E-state index in [2.05, 4.69) is 13.9 Å². The third-order valence-corrected chi connectivity index (χ3v) is 11.7. The largest absolute Gasteiger partial charge is 0.494 e. The second-order valence-corrected chi connectivity index (χ2v) is 16.3. The molecule has 15 heteroatoms. The summed E-state index contributed by atoms with van der Waals surface area (Å²) in [4.78, 5) is 31.8. The molecular weight excluding hydrogens is 893 g/mol. The number of fused-ring (bicyclic) bond motifs is 3. The van der Waals surface area contributed by atoms with Gasteiger partial charge in [0.2, 0.25) is 12.5 Å². The smallest absolute Gasteiger partial charge is 0.305 e. The number of unbranched alkanes of at least 4 members (excludes halogenated alkanes) is 4. The Balaban J connectivity index is 0.000000189. The molecule has 8 aromatic rings. The predicted octanol–water partition coefficient (Wildman–Crippen LogP) is 11.3. The molecule has 1 N–H and O–H groups in total. The van der Waals surface area contributed by atoms with Crippen LogP contribution in [0.2, 0.25) is 0 Å². The molecule has 3 heterocycles. The van der Waals surface area contributed by atoms with Crippen LogP contribution < -0.4 is 33.2 Å². The molecule has 0 atom stereocenters. The number of aromatic nitrogens is 4. The highest BCUT2D eigenvalue weighted by Crippen LogP contribution is 2.42. The third-order valence-electron chi connectivity index (χ3n) is 11.7. The van der Waals surface area contributed by atoms with E-state index >= 15 is 0 Å². The quantitative estimate of drug-likeness (QED) is 0.0535. The van der Waals surface area contributed by atoms with Gasteiger partial charge in [-0.25, -0.2) is 9.97 Å². The van der Waals surface area contributed by atoms with Gasteiger partial charge in [-0.05, 0) is 74.9 Å². The SMILES string of the molecule is COC(=O)CCCCCOc1ccc2nc(-c3ccccc3)n(-c3cc(OC)c(OC)c(OC)c3)c2c1.O=C(O)CCCCCOc1ccc2nc(-c3ccccc3)n(-c3ccc4c(c3)OCO4)c2c1. The summed E-state index contributed by atoms with van der Waals surface area (Å²) in [5, 5.41) is 8.75. The highest BCUT2D eigenvalue weighted by molar-refractivity contribution is 5.86. The van der Waals surface area contributed by atoms with E-state index in [0.29, 0.717) is 49.1 Å². The van der Waals surface area contributed by atoms with E-state index in [4.69, 9.17) is 48.2 Å². The molecule has 362 valence electrons. The van der Waals surface area contributed by atoms with Crippen molar-refractivity contribution in [3.05, 3.63) is 127 Å². The average Bonchev–Trinajstić information content (AvgIpc) is 4.14. The van der Waals surface area contributed by atoms with E-state index in [0.717, 1.165) is 106 Å². The first-order valence-corrected chi connectivity index (χ1v) is 23.2. The van der Waals surface area contributed by atoms with Gasteiger partial charge >= 0.3 is 11.9 Å². The highest BCUT2D eigenvalue weighted by atomic mass is 16.7. The van der Waals surface area contributed by atoms with Crippen LogP contribution in [0.1, 0.15) is 51.4 Å². The van der Waals surface area contributed by atoms with Crippen molar-refractivity contribution in [2.24, 2.45) is 0 Å². The van der Waals surface area contributed by atoms with Crippen LogP contribution >= 0.6 is 0 Å². The number of benzene rings is 6. The lowest BCUT2D eigenvalue weighted by Gasteiger charge is -2.16. The fourth-order valence-corrected chi connectivity index (χ4v) is 8.18. The number of methoxy groups -OCH3 is 4. The number of hydrogen-bond acceptors (Lipinski definition) is 12. The molecule has 0 amide bonds. The highest BCUT2D eigenvalue weighted by Gasteiger charge is 2.22. The van der Waals surface area contributed by atoms with Crippen molar-refractivity contribution in [3.8, 4) is 74.4 Å². The van der Waals surface area contributed by atoms with Crippen molar-refractivity contribution < 1.29 is 52.6 Å². The average molecular weight is 949 g/mol. The number of ether oxygens (including phenoxy) is 8. The number of imidazole rings is 2. The van der Waals surface area contributed by atoms with Crippen molar-refractivity contribution in [3.63, 3.8) is 0 Å². The van der Waals surface area contributed by atoms with E-state index in [1.807, 2.05) is 127 Å². The Kier molecular flexibility index (Phi) is 16.0. The monoisotopic (exact) mass is 948 g/mol. The molecule has 0 bridgehead atoms. The summed E-state index contributed by atoms with van der Waals surface area (Å²) in [6.07, 6.45) is 5.43. The summed E-state index contributed by atoms with van der Waals surface area (Å²) < 4.78 is 48.7. The van der Waals surface area contributed by atoms with E-state index in [1.165, 1.54) is 7.11 Å². The first-order valence-electron chi connectivity index (χ1n) is 23.2. The van der Waals surface area contributed by atoms with Crippen LogP contribution in [-0.4, -0.2) is 84.6 Å². The molecule has 0 spiro atoms. The molecule has 70 heavy (non-hydrogen) atoms. The molecular formula is C55H56N4O11. The van der Waals surface area contributed by atoms with Gasteiger partial charge in [-0.1, -0.05) is 60.7 Å². The van der Waals surface area contributed by atoms with Crippen molar-refractivity contribution in [2.75, 3.05) is 48.4 Å². The second-order valence-electron chi connectivity index (χ2n) is 16.3. The van der Waals surface area contributed by atoms with E-state index < -0.39 is 5.97 Å². The van der Waals surface area contributed by atoms with Gasteiger partial charge < -0.3 is 43.0 Å². The summed E-state index contributed by atoms with van der Waals surface area (Å²) in [6.45, 7) is 1.31. The minimum atomic E-state index is -0.757. The number of hydrogen-bond donors (Lipinski definition) is 1. The minimum Gasteiger partial charge on any atom is -0.494 e. The summed E-state index contributed by atoms with van der Waals surface area (Å²) >= 11 is 0. The maximum atomic E-state index is 11.3. The third kappa shape index (κ3) is 11.4. The normalized spacial score (nSPS) is 11.5. The fraction of sp³-hybridized carbons (Fsp3) is 0.273. The lowest BCUT2D eigenvalue weighted by atomic mass is 10.2. The molecule has 0 fully saturated rings. The van der Waals surface area contributed by atoms with Crippen molar-refractivity contribution in [1.29, 1.82) is 0 Å². The van der Waals surface area contributed by atoms with Gasteiger partial charge in [-0.15, -0.1) is 0 Å². The summed E-state index contributed by atoms with van der Waals surface area (Å²) in [5.41, 5.74) is 7.22. The van der Waals surface area contributed by atoms with Gasteiger partial charge in [0.05, 0.1) is 75.1 Å². The van der Waals surface area contributed by atoms with Crippen LogP contribution in [0.3, 0.4) is 0 Å². The van der Waals surface area contributed by atoms with Crippen LogP contribution in [0, 0.1) is 0 Å². The zero-order valence-electron chi connectivity index (χ0n) is 39.7. The van der Waals surface area contributed by atoms with Crippen molar-refractivity contribution >= 4 is 34.0 Å². The van der Waals surface area contributed by atoms with Gasteiger partial charge in [0.15, 0.2) is 23.0 Å². The Bertz CT molecular complexity index is 3020. The molecule has 15 nitrogen and oxygen atoms in total. The topological polar surface area (TPSA) is 164 Å². The zero-order chi connectivity index (χ0) is 48.8. The second kappa shape index (κ2) is 23.2. The lowest BCUT2D eigenvalue weighted by Crippen LogP contribution is -2.02. The van der Waals surface area contributed by atoms with Crippen LogP contribution in [-0.2, 0) is 14.3 Å². The number of esters is 1. The molecule has 1 aliphatic rings. The van der Waals surface area contributed by atoms with E-state index in [9.17, 15) is 9.59 Å².